The van der Waals surface area contributed by atoms with Gasteiger partial charge in [0.15, 0.2) is 0 Å². The third-order valence-corrected chi connectivity index (χ3v) is 3.24. The number of hydrogen-bond acceptors (Lipinski definition) is 3. The highest BCUT2D eigenvalue weighted by Crippen LogP contribution is 2.30. The fraction of sp³-hybridized carbons (Fsp3) is 0.333. The molecule has 18 heavy (non-hydrogen) atoms. The first kappa shape index (κ1) is 15.5. The lowest BCUT2D eigenvalue weighted by molar-refractivity contribution is -0.275. The molecule has 1 heterocycles. The summed E-state index contributed by atoms with van der Waals surface area (Å²) in [6.07, 6.45) is -5.46. The van der Waals surface area contributed by atoms with Gasteiger partial charge in [-0.1, -0.05) is 15.9 Å². The first-order valence-electron chi connectivity index (χ1n) is 4.44. The molecule has 0 radical (unpaired) electrons. The minimum absolute atomic E-state index is 0.0925. The van der Waals surface area contributed by atoms with Crippen LogP contribution in [0.1, 0.15) is 11.3 Å². The van der Waals surface area contributed by atoms with E-state index >= 15 is 0 Å². The largest absolute Gasteiger partial charge is 0.573 e. The lowest BCUT2D eigenvalue weighted by atomic mass is 10.2. The Bertz CT molecular complexity index is 467. The minimum atomic E-state index is -4.87. The van der Waals surface area contributed by atoms with Crippen molar-refractivity contribution in [3.05, 3.63) is 21.0 Å². The Labute approximate surface area is 122 Å². The van der Waals surface area contributed by atoms with Crippen molar-refractivity contribution < 1.29 is 27.8 Å². The molecular formula is C9H6BrF3INO3. The van der Waals surface area contributed by atoms with E-state index in [1.807, 2.05) is 0 Å². The molecule has 0 aromatic carbocycles. The lowest BCUT2D eigenvalue weighted by Gasteiger charge is -2.14. The molecule has 0 saturated heterocycles. The van der Waals surface area contributed by atoms with Crippen molar-refractivity contribution in [3.63, 3.8) is 0 Å². The summed E-state index contributed by atoms with van der Waals surface area (Å²) >= 11 is 4.74. The Morgan fingerprint density at radius 3 is 2.61 bits per heavy atom. The molecule has 0 aliphatic rings. The number of carboxylic acid groups (broad SMARTS) is 1. The number of alkyl halides is 4. The van der Waals surface area contributed by atoms with Gasteiger partial charge in [-0.2, -0.15) is 0 Å². The normalized spacial score (nSPS) is 11.4. The van der Waals surface area contributed by atoms with Crippen molar-refractivity contribution in [1.82, 2.24) is 4.98 Å². The van der Waals surface area contributed by atoms with Crippen LogP contribution in [0, 0.1) is 3.70 Å². The zero-order valence-corrected chi connectivity index (χ0v) is 12.3. The second-order valence-corrected chi connectivity index (χ2v) is 4.72. The first-order chi connectivity index (χ1) is 8.23. The minimum Gasteiger partial charge on any atom is -0.481 e. The molecule has 9 heteroatoms. The highest BCUT2D eigenvalue weighted by Gasteiger charge is 2.33. The van der Waals surface area contributed by atoms with E-state index in [1.54, 1.807) is 22.6 Å². The van der Waals surface area contributed by atoms with Gasteiger partial charge >= 0.3 is 12.3 Å². The fourth-order valence-corrected chi connectivity index (χ4v) is 2.21. The van der Waals surface area contributed by atoms with Crippen molar-refractivity contribution in [2.45, 2.75) is 18.1 Å². The monoisotopic (exact) mass is 439 g/mol. The van der Waals surface area contributed by atoms with Crippen LogP contribution in [0.5, 0.6) is 5.75 Å². The van der Waals surface area contributed by atoms with Gasteiger partial charge in [0.25, 0.3) is 0 Å². The van der Waals surface area contributed by atoms with E-state index in [0.717, 1.165) is 6.07 Å². The maximum Gasteiger partial charge on any atom is 0.573 e. The molecule has 100 valence electrons. The van der Waals surface area contributed by atoms with Crippen LogP contribution in [0.25, 0.3) is 0 Å². The number of carboxylic acids is 1. The van der Waals surface area contributed by atoms with E-state index < -0.39 is 24.5 Å². The number of aliphatic carboxylic acids is 1. The van der Waals surface area contributed by atoms with Gasteiger partial charge in [-0.15, -0.1) is 13.2 Å². The second kappa shape index (κ2) is 6.04. The van der Waals surface area contributed by atoms with Gasteiger partial charge in [0.05, 0.1) is 12.1 Å². The van der Waals surface area contributed by atoms with Gasteiger partial charge in [0, 0.05) is 17.0 Å². The number of nitrogens with zero attached hydrogens (tertiary/aromatic N) is 1. The summed E-state index contributed by atoms with van der Waals surface area (Å²) < 4.78 is 40.7. The van der Waals surface area contributed by atoms with E-state index in [2.05, 4.69) is 25.7 Å². The van der Waals surface area contributed by atoms with Crippen LogP contribution in [0.3, 0.4) is 0 Å². The Balaban J connectivity index is 3.24. The molecule has 1 rings (SSSR count). The number of hydrogen-bond donors (Lipinski definition) is 1. The van der Waals surface area contributed by atoms with Crippen LogP contribution >= 0.6 is 38.5 Å². The molecule has 1 aromatic rings. The molecule has 0 saturated carbocycles. The van der Waals surface area contributed by atoms with E-state index in [0.29, 0.717) is 5.69 Å². The van der Waals surface area contributed by atoms with Gasteiger partial charge in [-0.25, -0.2) is 4.98 Å². The van der Waals surface area contributed by atoms with Crippen molar-refractivity contribution in [2.24, 2.45) is 0 Å². The van der Waals surface area contributed by atoms with Crippen LogP contribution in [0.4, 0.5) is 13.2 Å². The molecule has 0 bridgehead atoms. The van der Waals surface area contributed by atoms with Crippen molar-refractivity contribution in [1.29, 1.82) is 0 Å². The fourth-order valence-electron chi connectivity index (χ4n) is 1.16. The van der Waals surface area contributed by atoms with Crippen molar-refractivity contribution in [2.75, 3.05) is 0 Å². The van der Waals surface area contributed by atoms with Crippen LogP contribution in [-0.2, 0) is 16.5 Å². The number of pyridine rings is 1. The number of rotatable bonds is 4. The number of halogens is 5. The summed E-state index contributed by atoms with van der Waals surface area (Å²) in [5.74, 6) is -1.79. The molecule has 1 aromatic heterocycles. The average molecular weight is 440 g/mol. The maximum atomic E-state index is 12.2. The Kier molecular flexibility index (Phi) is 5.20. The number of ether oxygens (including phenoxy) is 1. The molecule has 4 nitrogen and oxygen atoms in total. The molecule has 0 fully saturated rings. The van der Waals surface area contributed by atoms with Crippen LogP contribution < -0.4 is 4.74 Å². The molecule has 0 aliphatic heterocycles. The van der Waals surface area contributed by atoms with E-state index in [1.165, 1.54) is 0 Å². The molecular weight excluding hydrogens is 434 g/mol. The third-order valence-electron chi connectivity index (χ3n) is 1.78. The standard InChI is InChI=1S/C9H6BrF3INO3/c10-3-4-1-6(18-9(11,12)13)5(2-7(16)17)8(14)15-4/h1H,2-3H2,(H,16,17). The molecule has 0 atom stereocenters. The predicted octanol–water partition coefficient (Wildman–Crippen LogP) is 3.11. The first-order valence-corrected chi connectivity index (χ1v) is 6.64. The Morgan fingerprint density at radius 2 is 2.17 bits per heavy atom. The van der Waals surface area contributed by atoms with Crippen molar-refractivity contribution >= 4 is 44.5 Å². The lowest BCUT2D eigenvalue weighted by Crippen LogP contribution is -2.20. The molecule has 1 N–H and O–H groups in total. The van der Waals surface area contributed by atoms with Gasteiger partial charge in [-0.05, 0) is 22.6 Å². The van der Waals surface area contributed by atoms with Crippen LogP contribution in [-0.4, -0.2) is 22.4 Å². The molecule has 0 amide bonds. The number of carbonyl (C=O) groups is 1. The molecule has 0 aliphatic carbocycles. The molecule has 0 spiro atoms. The smallest absolute Gasteiger partial charge is 0.481 e. The summed E-state index contributed by atoms with van der Waals surface area (Å²) in [4.78, 5) is 14.6. The van der Waals surface area contributed by atoms with E-state index in [9.17, 15) is 18.0 Å². The maximum absolute atomic E-state index is 12.2. The van der Waals surface area contributed by atoms with E-state index in [-0.39, 0.29) is 14.6 Å². The van der Waals surface area contributed by atoms with Crippen molar-refractivity contribution in [3.8, 4) is 5.75 Å². The predicted molar refractivity (Wildman–Crippen MR) is 67.6 cm³/mol. The zero-order chi connectivity index (χ0) is 13.9. The highest BCUT2D eigenvalue weighted by molar-refractivity contribution is 14.1. The van der Waals surface area contributed by atoms with Crippen LogP contribution in [0.2, 0.25) is 0 Å². The highest BCUT2D eigenvalue weighted by atomic mass is 127. The summed E-state index contributed by atoms with van der Waals surface area (Å²) in [7, 11) is 0. The molecule has 0 unspecified atom stereocenters. The topological polar surface area (TPSA) is 59.4 Å². The van der Waals surface area contributed by atoms with Gasteiger partial charge in [0.2, 0.25) is 0 Å². The van der Waals surface area contributed by atoms with Crippen LogP contribution in [0.15, 0.2) is 6.07 Å². The quantitative estimate of drug-likeness (QED) is 0.445. The SMILES string of the molecule is O=C(O)Cc1c(OC(F)(F)F)cc(CBr)nc1I. The summed E-state index contributed by atoms with van der Waals surface area (Å²) in [6.45, 7) is 0. The third kappa shape index (κ3) is 4.59. The summed E-state index contributed by atoms with van der Waals surface area (Å²) in [5, 5.41) is 8.90. The zero-order valence-electron chi connectivity index (χ0n) is 8.59. The Morgan fingerprint density at radius 1 is 1.56 bits per heavy atom. The van der Waals surface area contributed by atoms with E-state index in [4.69, 9.17) is 5.11 Å². The van der Waals surface area contributed by atoms with Gasteiger partial charge < -0.3 is 9.84 Å². The summed E-state index contributed by atoms with van der Waals surface area (Å²) in [5.41, 5.74) is 0.234. The average Bonchev–Trinajstić information content (AvgIpc) is 2.20. The summed E-state index contributed by atoms with van der Waals surface area (Å²) in [6, 6.07) is 1.07. The second-order valence-electron chi connectivity index (χ2n) is 3.13. The number of aromatic nitrogens is 1. The van der Waals surface area contributed by atoms with Gasteiger partial charge in [0.1, 0.15) is 9.45 Å². The van der Waals surface area contributed by atoms with Gasteiger partial charge in [-0.3, -0.25) is 4.79 Å². The Hall–Kier alpha value is -0.580.